The van der Waals surface area contributed by atoms with Crippen molar-refractivity contribution in [1.82, 2.24) is 0 Å². The highest BCUT2D eigenvalue weighted by molar-refractivity contribution is 6.31. The Kier molecular flexibility index (Phi) is 4.33. The lowest BCUT2D eigenvalue weighted by Gasteiger charge is -2.06. The van der Waals surface area contributed by atoms with Crippen LogP contribution in [0.25, 0.3) is 0 Å². The zero-order valence-electron chi connectivity index (χ0n) is 10.6. The van der Waals surface area contributed by atoms with Crippen LogP contribution in [-0.2, 0) is 17.6 Å². The molecule has 0 saturated carbocycles. The van der Waals surface area contributed by atoms with E-state index >= 15 is 0 Å². The number of hydrogen-bond donors (Lipinski definition) is 0. The largest absolute Gasteiger partial charge is 0.299 e. The highest BCUT2D eigenvalue weighted by atomic mass is 35.5. The number of hydrogen-bond acceptors (Lipinski definition) is 1. The molecule has 98 valence electrons. The van der Waals surface area contributed by atoms with Crippen LogP contribution in [0.5, 0.6) is 0 Å². The van der Waals surface area contributed by atoms with Crippen molar-refractivity contribution in [2.75, 3.05) is 0 Å². The van der Waals surface area contributed by atoms with Crippen LogP contribution in [0.3, 0.4) is 0 Å². The van der Waals surface area contributed by atoms with Crippen LogP contribution < -0.4 is 0 Å². The lowest BCUT2D eigenvalue weighted by atomic mass is 10.0. The van der Waals surface area contributed by atoms with Gasteiger partial charge in [0.2, 0.25) is 0 Å². The summed E-state index contributed by atoms with van der Waals surface area (Å²) in [4.78, 5) is 12.0. The molecule has 2 aromatic rings. The Hall–Kier alpha value is -1.67. The monoisotopic (exact) mass is 276 g/mol. The topological polar surface area (TPSA) is 17.1 Å². The van der Waals surface area contributed by atoms with Crippen molar-refractivity contribution < 1.29 is 9.18 Å². The zero-order chi connectivity index (χ0) is 13.8. The van der Waals surface area contributed by atoms with Crippen molar-refractivity contribution in [2.45, 2.75) is 19.8 Å². The summed E-state index contributed by atoms with van der Waals surface area (Å²) in [5, 5.41) is 0.303. The van der Waals surface area contributed by atoms with Gasteiger partial charge in [-0.25, -0.2) is 4.39 Å². The molecule has 2 rings (SSSR count). The van der Waals surface area contributed by atoms with Crippen molar-refractivity contribution in [3.05, 3.63) is 70.0 Å². The molecule has 3 heteroatoms. The van der Waals surface area contributed by atoms with Crippen LogP contribution in [0.1, 0.15) is 16.7 Å². The van der Waals surface area contributed by atoms with Crippen LogP contribution in [0.4, 0.5) is 4.39 Å². The molecule has 0 aliphatic rings. The van der Waals surface area contributed by atoms with E-state index in [0.717, 1.165) is 11.1 Å². The Morgan fingerprint density at radius 2 is 1.89 bits per heavy atom. The quantitative estimate of drug-likeness (QED) is 0.820. The van der Waals surface area contributed by atoms with E-state index in [2.05, 4.69) is 0 Å². The summed E-state index contributed by atoms with van der Waals surface area (Å²) >= 11 is 5.91. The van der Waals surface area contributed by atoms with Gasteiger partial charge in [-0.05, 0) is 24.6 Å². The molecule has 0 aromatic heterocycles. The molecule has 0 aliphatic carbocycles. The Morgan fingerprint density at radius 3 is 2.58 bits per heavy atom. The van der Waals surface area contributed by atoms with Gasteiger partial charge in [0.05, 0.1) is 0 Å². The summed E-state index contributed by atoms with van der Waals surface area (Å²) < 4.78 is 13.6. The number of aryl methyl sites for hydroxylation is 1. The standard InChI is InChI=1S/C16H14ClFO/c1-11-4-2-5-12(8-11)9-13(19)10-14-15(17)6-3-7-16(14)18/h2-8H,9-10H2,1H3. The van der Waals surface area contributed by atoms with Crippen molar-refractivity contribution in [3.63, 3.8) is 0 Å². The Bertz CT molecular complexity index is 587. The van der Waals surface area contributed by atoms with Crippen molar-refractivity contribution in [3.8, 4) is 0 Å². The highest BCUT2D eigenvalue weighted by Gasteiger charge is 2.12. The molecule has 1 nitrogen and oxygen atoms in total. The number of Topliss-reactive ketones (excluding diaryl/α,β-unsaturated/α-hetero) is 1. The summed E-state index contributed by atoms with van der Waals surface area (Å²) in [5.41, 5.74) is 2.33. The maximum Gasteiger partial charge on any atom is 0.141 e. The van der Waals surface area contributed by atoms with Gasteiger partial charge in [0.15, 0.2) is 0 Å². The van der Waals surface area contributed by atoms with Crippen molar-refractivity contribution >= 4 is 17.4 Å². The second-order valence-electron chi connectivity index (χ2n) is 4.58. The Morgan fingerprint density at radius 1 is 1.16 bits per heavy atom. The van der Waals surface area contributed by atoms with Crippen LogP contribution in [0.2, 0.25) is 5.02 Å². The lowest BCUT2D eigenvalue weighted by Crippen LogP contribution is -2.08. The maximum atomic E-state index is 13.6. The summed E-state index contributed by atoms with van der Waals surface area (Å²) in [6.45, 7) is 1.97. The van der Waals surface area contributed by atoms with Gasteiger partial charge in [-0.2, -0.15) is 0 Å². The molecule has 0 aliphatic heterocycles. The summed E-state index contributed by atoms with van der Waals surface area (Å²) in [5.74, 6) is -0.470. The normalized spacial score (nSPS) is 10.5. The van der Waals surface area contributed by atoms with Gasteiger partial charge in [-0.15, -0.1) is 0 Å². The van der Waals surface area contributed by atoms with Crippen LogP contribution in [-0.4, -0.2) is 5.78 Å². The Balaban J connectivity index is 2.10. The van der Waals surface area contributed by atoms with Crippen LogP contribution in [0.15, 0.2) is 42.5 Å². The smallest absolute Gasteiger partial charge is 0.141 e. The molecular weight excluding hydrogens is 263 g/mol. The van der Waals surface area contributed by atoms with Gasteiger partial charge < -0.3 is 0 Å². The van der Waals surface area contributed by atoms with Gasteiger partial charge in [0.1, 0.15) is 11.6 Å². The van der Waals surface area contributed by atoms with Crippen molar-refractivity contribution in [2.24, 2.45) is 0 Å². The van der Waals surface area contributed by atoms with Crippen molar-refractivity contribution in [1.29, 1.82) is 0 Å². The molecule has 2 aromatic carbocycles. The molecule has 19 heavy (non-hydrogen) atoms. The third-order valence-electron chi connectivity index (χ3n) is 2.92. The predicted octanol–water partition coefficient (Wildman–Crippen LogP) is 4.14. The average molecular weight is 277 g/mol. The molecule has 0 radical (unpaired) electrons. The summed E-state index contributed by atoms with van der Waals surface area (Å²) in [7, 11) is 0. The Labute approximate surface area is 117 Å². The third-order valence-corrected chi connectivity index (χ3v) is 3.27. The highest BCUT2D eigenvalue weighted by Crippen LogP contribution is 2.20. The molecule has 0 atom stereocenters. The zero-order valence-corrected chi connectivity index (χ0v) is 11.4. The number of carbonyl (C=O) groups is 1. The minimum absolute atomic E-state index is 0.0272. The molecule has 0 heterocycles. The second kappa shape index (κ2) is 5.98. The molecule has 0 amide bonds. The SMILES string of the molecule is Cc1cccc(CC(=O)Cc2c(F)cccc2Cl)c1. The molecule has 0 unspecified atom stereocenters. The number of rotatable bonds is 4. The molecule has 0 bridgehead atoms. The van der Waals surface area contributed by atoms with Gasteiger partial charge in [0.25, 0.3) is 0 Å². The number of ketones is 1. The molecule has 0 N–H and O–H groups in total. The molecule has 0 saturated heterocycles. The van der Waals surface area contributed by atoms with Gasteiger partial charge in [0, 0.05) is 23.4 Å². The lowest BCUT2D eigenvalue weighted by molar-refractivity contribution is -0.117. The fraction of sp³-hybridized carbons (Fsp3) is 0.188. The maximum absolute atomic E-state index is 13.6. The van der Waals surface area contributed by atoms with E-state index in [1.165, 1.54) is 12.1 Å². The fourth-order valence-electron chi connectivity index (χ4n) is 2.01. The van der Waals surface area contributed by atoms with E-state index in [9.17, 15) is 9.18 Å². The predicted molar refractivity (Wildman–Crippen MR) is 75.0 cm³/mol. The first kappa shape index (κ1) is 13.8. The summed E-state index contributed by atoms with van der Waals surface area (Å²) in [6, 6.07) is 12.2. The molecular formula is C16H14ClFO. The average Bonchev–Trinajstić information content (AvgIpc) is 2.34. The van der Waals surface area contributed by atoms with Crippen LogP contribution >= 0.6 is 11.6 Å². The van der Waals surface area contributed by atoms with Crippen LogP contribution in [0, 0.1) is 12.7 Å². The number of benzene rings is 2. The summed E-state index contributed by atoms with van der Waals surface area (Å²) in [6.07, 6.45) is 0.325. The van der Waals surface area contributed by atoms with E-state index in [-0.39, 0.29) is 17.8 Å². The van der Waals surface area contributed by atoms with E-state index in [1.54, 1.807) is 6.07 Å². The third kappa shape index (κ3) is 3.65. The van der Waals surface area contributed by atoms with Gasteiger partial charge in [-0.3, -0.25) is 4.79 Å². The first-order chi connectivity index (χ1) is 9.06. The molecule has 0 spiro atoms. The minimum atomic E-state index is -0.426. The van der Waals surface area contributed by atoms with Gasteiger partial charge >= 0.3 is 0 Å². The number of carbonyl (C=O) groups excluding carboxylic acids is 1. The van der Waals surface area contributed by atoms with E-state index in [1.807, 2.05) is 31.2 Å². The fourth-order valence-corrected chi connectivity index (χ4v) is 2.24. The first-order valence-corrected chi connectivity index (χ1v) is 6.44. The van der Waals surface area contributed by atoms with E-state index in [0.29, 0.717) is 11.4 Å². The second-order valence-corrected chi connectivity index (χ2v) is 4.99. The van der Waals surface area contributed by atoms with E-state index in [4.69, 9.17) is 11.6 Å². The number of halogens is 2. The first-order valence-electron chi connectivity index (χ1n) is 6.06. The van der Waals surface area contributed by atoms with Gasteiger partial charge in [-0.1, -0.05) is 47.5 Å². The van der Waals surface area contributed by atoms with E-state index < -0.39 is 5.82 Å². The molecule has 0 fully saturated rings. The minimum Gasteiger partial charge on any atom is -0.299 e.